The SMILES string of the molecule is CNCC(C)C(=O)NCc1ccc(C(=O)OC)cc1. The van der Waals surface area contributed by atoms with Gasteiger partial charge in [-0.05, 0) is 24.7 Å². The van der Waals surface area contributed by atoms with E-state index in [-0.39, 0.29) is 17.8 Å². The van der Waals surface area contributed by atoms with E-state index in [1.807, 2.05) is 14.0 Å². The molecule has 5 nitrogen and oxygen atoms in total. The number of methoxy groups -OCH3 is 1. The summed E-state index contributed by atoms with van der Waals surface area (Å²) >= 11 is 0. The zero-order valence-corrected chi connectivity index (χ0v) is 11.5. The van der Waals surface area contributed by atoms with Crippen molar-refractivity contribution < 1.29 is 14.3 Å². The Labute approximate surface area is 113 Å². The second kappa shape index (κ2) is 7.53. The maximum absolute atomic E-state index is 11.7. The second-order valence-corrected chi connectivity index (χ2v) is 4.37. The molecular formula is C14H20N2O3. The average molecular weight is 264 g/mol. The van der Waals surface area contributed by atoms with Crippen LogP contribution in [-0.2, 0) is 16.1 Å². The molecule has 0 bridgehead atoms. The first-order valence-electron chi connectivity index (χ1n) is 6.18. The summed E-state index contributed by atoms with van der Waals surface area (Å²) in [5, 5.41) is 5.81. The zero-order chi connectivity index (χ0) is 14.3. The number of ether oxygens (including phenoxy) is 1. The first kappa shape index (κ1) is 15.2. The highest BCUT2D eigenvalue weighted by Gasteiger charge is 2.11. The molecule has 1 unspecified atom stereocenters. The Bertz CT molecular complexity index is 429. The van der Waals surface area contributed by atoms with Crippen molar-refractivity contribution in [2.24, 2.45) is 5.92 Å². The minimum Gasteiger partial charge on any atom is -0.465 e. The van der Waals surface area contributed by atoms with Crippen LogP contribution in [-0.4, -0.2) is 32.6 Å². The van der Waals surface area contributed by atoms with E-state index in [2.05, 4.69) is 15.4 Å². The van der Waals surface area contributed by atoms with Gasteiger partial charge in [0.2, 0.25) is 5.91 Å². The number of carbonyl (C=O) groups excluding carboxylic acids is 2. The number of rotatable bonds is 6. The summed E-state index contributed by atoms with van der Waals surface area (Å²) in [5.74, 6) is -0.427. The first-order valence-corrected chi connectivity index (χ1v) is 6.18. The molecule has 0 aromatic heterocycles. The van der Waals surface area contributed by atoms with E-state index in [1.165, 1.54) is 7.11 Å². The number of amides is 1. The highest BCUT2D eigenvalue weighted by molar-refractivity contribution is 5.89. The number of benzene rings is 1. The molecule has 5 heteroatoms. The van der Waals surface area contributed by atoms with Crippen LogP contribution in [0, 0.1) is 5.92 Å². The predicted octanol–water partition coefficient (Wildman–Crippen LogP) is 0.945. The van der Waals surface area contributed by atoms with E-state index in [1.54, 1.807) is 24.3 Å². The van der Waals surface area contributed by atoms with Crippen molar-refractivity contribution in [1.29, 1.82) is 0 Å². The highest BCUT2D eigenvalue weighted by atomic mass is 16.5. The third-order valence-corrected chi connectivity index (χ3v) is 2.80. The smallest absolute Gasteiger partial charge is 0.337 e. The summed E-state index contributed by atoms with van der Waals surface area (Å²) in [6, 6.07) is 6.97. The van der Waals surface area contributed by atoms with Crippen molar-refractivity contribution in [3.8, 4) is 0 Å². The second-order valence-electron chi connectivity index (χ2n) is 4.37. The van der Waals surface area contributed by atoms with Crippen molar-refractivity contribution >= 4 is 11.9 Å². The van der Waals surface area contributed by atoms with Gasteiger partial charge in [0.05, 0.1) is 12.7 Å². The summed E-state index contributed by atoms with van der Waals surface area (Å²) in [6.45, 7) is 2.97. The van der Waals surface area contributed by atoms with Gasteiger partial charge in [-0.25, -0.2) is 4.79 Å². The van der Waals surface area contributed by atoms with Gasteiger partial charge in [0.25, 0.3) is 0 Å². The predicted molar refractivity (Wildman–Crippen MR) is 72.7 cm³/mol. The van der Waals surface area contributed by atoms with Crippen LogP contribution in [0.15, 0.2) is 24.3 Å². The molecule has 1 amide bonds. The maximum atomic E-state index is 11.7. The van der Waals surface area contributed by atoms with E-state index in [9.17, 15) is 9.59 Å². The minimum absolute atomic E-state index is 0.00592. The summed E-state index contributed by atoms with van der Waals surface area (Å²) in [7, 11) is 3.16. The van der Waals surface area contributed by atoms with Crippen LogP contribution < -0.4 is 10.6 Å². The number of nitrogens with one attached hydrogen (secondary N) is 2. The van der Waals surface area contributed by atoms with Gasteiger partial charge in [0.15, 0.2) is 0 Å². The molecular weight excluding hydrogens is 244 g/mol. The first-order chi connectivity index (χ1) is 9.08. The van der Waals surface area contributed by atoms with Crippen LogP contribution in [0.25, 0.3) is 0 Å². The van der Waals surface area contributed by atoms with Gasteiger partial charge in [-0.1, -0.05) is 19.1 Å². The highest BCUT2D eigenvalue weighted by Crippen LogP contribution is 2.06. The number of hydrogen-bond acceptors (Lipinski definition) is 4. The van der Waals surface area contributed by atoms with Gasteiger partial charge >= 0.3 is 5.97 Å². The molecule has 19 heavy (non-hydrogen) atoms. The Hall–Kier alpha value is -1.88. The molecule has 1 aromatic carbocycles. The van der Waals surface area contributed by atoms with E-state index in [0.29, 0.717) is 18.7 Å². The normalized spacial score (nSPS) is 11.7. The fourth-order valence-electron chi connectivity index (χ4n) is 1.64. The summed E-state index contributed by atoms with van der Waals surface area (Å²) in [4.78, 5) is 23.0. The summed E-state index contributed by atoms with van der Waals surface area (Å²) in [6.07, 6.45) is 0. The van der Waals surface area contributed by atoms with Gasteiger partial charge < -0.3 is 15.4 Å². The molecule has 1 atom stereocenters. The lowest BCUT2D eigenvalue weighted by Crippen LogP contribution is -2.33. The summed E-state index contributed by atoms with van der Waals surface area (Å²) in [5.41, 5.74) is 1.44. The van der Waals surface area contributed by atoms with E-state index in [4.69, 9.17) is 0 Å². The Morgan fingerprint density at radius 3 is 2.42 bits per heavy atom. The molecule has 0 saturated heterocycles. The fraction of sp³-hybridized carbons (Fsp3) is 0.429. The third-order valence-electron chi connectivity index (χ3n) is 2.80. The van der Waals surface area contributed by atoms with Crippen LogP contribution in [0.3, 0.4) is 0 Å². The number of hydrogen-bond donors (Lipinski definition) is 2. The van der Waals surface area contributed by atoms with E-state index < -0.39 is 0 Å². The van der Waals surface area contributed by atoms with Gasteiger partial charge in [0.1, 0.15) is 0 Å². The Balaban J connectivity index is 2.50. The number of esters is 1. The molecule has 0 fully saturated rings. The molecule has 0 aliphatic carbocycles. The van der Waals surface area contributed by atoms with Gasteiger partial charge in [-0.3, -0.25) is 4.79 Å². The largest absolute Gasteiger partial charge is 0.465 e. The molecule has 0 aliphatic heterocycles. The molecule has 0 spiro atoms. The van der Waals surface area contributed by atoms with Crippen molar-refractivity contribution in [2.75, 3.05) is 20.7 Å². The minimum atomic E-state index is -0.363. The average Bonchev–Trinajstić information content (AvgIpc) is 2.44. The van der Waals surface area contributed by atoms with Crippen molar-refractivity contribution in [2.45, 2.75) is 13.5 Å². The van der Waals surface area contributed by atoms with Crippen molar-refractivity contribution in [3.63, 3.8) is 0 Å². The lowest BCUT2D eigenvalue weighted by atomic mass is 10.1. The third kappa shape index (κ3) is 4.71. The van der Waals surface area contributed by atoms with Crippen LogP contribution in [0.2, 0.25) is 0 Å². The van der Waals surface area contributed by atoms with Crippen LogP contribution in [0.1, 0.15) is 22.8 Å². The Morgan fingerprint density at radius 1 is 1.26 bits per heavy atom. The molecule has 1 aromatic rings. The van der Waals surface area contributed by atoms with Gasteiger partial charge in [0, 0.05) is 19.0 Å². The lowest BCUT2D eigenvalue weighted by molar-refractivity contribution is -0.124. The van der Waals surface area contributed by atoms with Crippen LogP contribution in [0.5, 0.6) is 0 Å². The molecule has 0 saturated carbocycles. The molecule has 0 heterocycles. The Kier molecular flexibility index (Phi) is 6.02. The molecule has 0 aliphatic rings. The van der Waals surface area contributed by atoms with Gasteiger partial charge in [-0.2, -0.15) is 0 Å². The monoisotopic (exact) mass is 264 g/mol. The number of carbonyl (C=O) groups is 2. The van der Waals surface area contributed by atoms with E-state index >= 15 is 0 Å². The maximum Gasteiger partial charge on any atom is 0.337 e. The Morgan fingerprint density at radius 2 is 1.89 bits per heavy atom. The topological polar surface area (TPSA) is 67.4 Å². The van der Waals surface area contributed by atoms with E-state index in [0.717, 1.165) is 5.56 Å². The van der Waals surface area contributed by atoms with Gasteiger partial charge in [-0.15, -0.1) is 0 Å². The molecule has 1 rings (SSSR count). The van der Waals surface area contributed by atoms with Crippen molar-refractivity contribution in [3.05, 3.63) is 35.4 Å². The fourth-order valence-corrected chi connectivity index (χ4v) is 1.64. The molecule has 2 N–H and O–H groups in total. The van der Waals surface area contributed by atoms with Crippen LogP contribution >= 0.6 is 0 Å². The van der Waals surface area contributed by atoms with Crippen molar-refractivity contribution in [1.82, 2.24) is 10.6 Å². The van der Waals surface area contributed by atoms with Crippen LogP contribution in [0.4, 0.5) is 0 Å². The standard InChI is InChI=1S/C14H20N2O3/c1-10(8-15-2)13(17)16-9-11-4-6-12(7-5-11)14(18)19-3/h4-7,10,15H,8-9H2,1-3H3,(H,16,17). The molecule has 0 radical (unpaired) electrons. The molecule has 104 valence electrons. The zero-order valence-electron chi connectivity index (χ0n) is 11.5. The lowest BCUT2D eigenvalue weighted by Gasteiger charge is -2.11. The summed E-state index contributed by atoms with van der Waals surface area (Å²) < 4.78 is 4.62. The quantitative estimate of drug-likeness (QED) is 0.751.